The lowest BCUT2D eigenvalue weighted by Crippen LogP contribution is -2.38. The van der Waals surface area contributed by atoms with E-state index >= 15 is 0 Å². The number of carbonyl (C=O) groups is 2. The van der Waals surface area contributed by atoms with Gasteiger partial charge in [0.05, 0.1) is 6.54 Å². The first kappa shape index (κ1) is 19.9. The molecule has 1 atom stereocenters. The van der Waals surface area contributed by atoms with Crippen molar-refractivity contribution in [3.8, 4) is 11.1 Å². The average Bonchev–Trinajstić information content (AvgIpc) is 2.95. The fourth-order valence-electron chi connectivity index (χ4n) is 3.67. The van der Waals surface area contributed by atoms with E-state index in [0.717, 1.165) is 36.1 Å². The molecule has 0 bridgehead atoms. The number of benzene rings is 2. The van der Waals surface area contributed by atoms with Crippen LogP contribution in [0.1, 0.15) is 19.3 Å². The van der Waals surface area contributed by atoms with Crippen molar-refractivity contribution >= 4 is 17.7 Å². The average molecular weight is 381 g/mol. The zero-order valence-corrected chi connectivity index (χ0v) is 16.2. The number of hydrogen-bond donors (Lipinski definition) is 2. The molecule has 1 fully saturated rings. The van der Waals surface area contributed by atoms with E-state index in [4.69, 9.17) is 5.11 Å². The van der Waals surface area contributed by atoms with Crippen LogP contribution in [-0.4, -0.2) is 59.6 Å². The van der Waals surface area contributed by atoms with Gasteiger partial charge in [-0.25, -0.2) is 4.79 Å². The standard InChI is InChI=1S/C22H27N3O3/c1-24(16-21(26)27)20-11-6-13-25(14-12-20)22(28)23-19-10-5-9-18(15-19)17-7-3-2-4-8-17/h2-5,7-10,15,20H,6,11-14,16H2,1H3,(H,23,28)(H,26,27). The molecule has 1 aliphatic rings. The Kier molecular flexibility index (Phi) is 6.66. The Hall–Kier alpha value is -2.86. The molecule has 6 nitrogen and oxygen atoms in total. The topological polar surface area (TPSA) is 72.9 Å². The SMILES string of the molecule is CN(CC(=O)O)C1CCCN(C(=O)Nc2cccc(-c3ccccc3)c2)CC1. The van der Waals surface area contributed by atoms with Crippen LogP contribution in [0.15, 0.2) is 54.6 Å². The number of urea groups is 1. The fraction of sp³-hybridized carbons (Fsp3) is 0.364. The molecule has 0 radical (unpaired) electrons. The molecule has 2 aromatic rings. The Morgan fingerprint density at radius 2 is 1.82 bits per heavy atom. The fourth-order valence-corrected chi connectivity index (χ4v) is 3.67. The molecule has 28 heavy (non-hydrogen) atoms. The van der Waals surface area contributed by atoms with Gasteiger partial charge in [0.25, 0.3) is 0 Å². The zero-order chi connectivity index (χ0) is 19.9. The van der Waals surface area contributed by atoms with Crippen molar-refractivity contribution in [3.05, 3.63) is 54.6 Å². The number of likely N-dealkylation sites (tertiary alicyclic amines) is 1. The third-order valence-electron chi connectivity index (χ3n) is 5.21. The van der Waals surface area contributed by atoms with Gasteiger partial charge < -0.3 is 15.3 Å². The zero-order valence-electron chi connectivity index (χ0n) is 16.2. The Bertz CT molecular complexity index is 810. The van der Waals surface area contributed by atoms with E-state index in [1.54, 1.807) is 0 Å². The Balaban J connectivity index is 1.60. The number of hydrogen-bond acceptors (Lipinski definition) is 3. The molecule has 0 aliphatic carbocycles. The van der Waals surface area contributed by atoms with Crippen LogP contribution >= 0.6 is 0 Å². The van der Waals surface area contributed by atoms with E-state index in [1.165, 1.54) is 0 Å². The first-order valence-corrected chi connectivity index (χ1v) is 9.66. The molecule has 1 saturated heterocycles. The Morgan fingerprint density at radius 3 is 2.57 bits per heavy atom. The highest BCUT2D eigenvalue weighted by Crippen LogP contribution is 2.23. The first-order chi connectivity index (χ1) is 13.5. The molecule has 0 spiro atoms. The first-order valence-electron chi connectivity index (χ1n) is 9.66. The van der Waals surface area contributed by atoms with Gasteiger partial charge in [-0.2, -0.15) is 0 Å². The van der Waals surface area contributed by atoms with Crippen LogP contribution in [0.4, 0.5) is 10.5 Å². The van der Waals surface area contributed by atoms with Gasteiger partial charge in [0.15, 0.2) is 0 Å². The Labute approximate surface area is 165 Å². The highest BCUT2D eigenvalue weighted by Gasteiger charge is 2.24. The van der Waals surface area contributed by atoms with Crippen molar-refractivity contribution in [1.82, 2.24) is 9.80 Å². The maximum Gasteiger partial charge on any atom is 0.321 e. The minimum absolute atomic E-state index is 0.0309. The molecule has 0 aromatic heterocycles. The molecule has 1 aliphatic heterocycles. The molecule has 0 saturated carbocycles. The van der Waals surface area contributed by atoms with Crippen molar-refractivity contribution in [2.45, 2.75) is 25.3 Å². The van der Waals surface area contributed by atoms with E-state index in [-0.39, 0.29) is 18.6 Å². The molecule has 148 valence electrons. The number of aliphatic carboxylic acids is 1. The van der Waals surface area contributed by atoms with Crippen LogP contribution in [0.25, 0.3) is 11.1 Å². The van der Waals surface area contributed by atoms with E-state index in [1.807, 2.05) is 71.4 Å². The highest BCUT2D eigenvalue weighted by atomic mass is 16.4. The van der Waals surface area contributed by atoms with Gasteiger partial charge in [-0.1, -0.05) is 42.5 Å². The quantitative estimate of drug-likeness (QED) is 0.827. The van der Waals surface area contributed by atoms with Gasteiger partial charge in [0.1, 0.15) is 0 Å². The summed E-state index contributed by atoms with van der Waals surface area (Å²) in [5, 5.41) is 12.0. The molecule has 2 N–H and O–H groups in total. The molecular formula is C22H27N3O3. The molecule has 2 aromatic carbocycles. The van der Waals surface area contributed by atoms with Crippen molar-refractivity contribution in [2.24, 2.45) is 0 Å². The minimum atomic E-state index is -0.820. The second-order valence-corrected chi connectivity index (χ2v) is 7.26. The van der Waals surface area contributed by atoms with Crippen LogP contribution in [0.2, 0.25) is 0 Å². The monoisotopic (exact) mass is 381 g/mol. The van der Waals surface area contributed by atoms with E-state index < -0.39 is 5.97 Å². The summed E-state index contributed by atoms with van der Waals surface area (Å²) in [6.45, 7) is 1.34. The molecular weight excluding hydrogens is 354 g/mol. The van der Waals surface area contributed by atoms with Crippen LogP contribution in [0.3, 0.4) is 0 Å². The van der Waals surface area contributed by atoms with Gasteiger partial charge in [-0.3, -0.25) is 9.69 Å². The number of nitrogens with zero attached hydrogens (tertiary/aromatic N) is 2. The van der Waals surface area contributed by atoms with Crippen molar-refractivity contribution in [2.75, 3.05) is 32.0 Å². The predicted octanol–water partition coefficient (Wildman–Crippen LogP) is 3.76. The van der Waals surface area contributed by atoms with Gasteiger partial charge in [-0.15, -0.1) is 0 Å². The van der Waals surface area contributed by atoms with Gasteiger partial charge in [0.2, 0.25) is 0 Å². The summed E-state index contributed by atoms with van der Waals surface area (Å²) in [6, 6.07) is 18.0. The summed E-state index contributed by atoms with van der Waals surface area (Å²) in [4.78, 5) is 27.3. The maximum absolute atomic E-state index is 12.7. The van der Waals surface area contributed by atoms with Crippen molar-refractivity contribution < 1.29 is 14.7 Å². The molecule has 2 amide bonds. The van der Waals surface area contributed by atoms with Gasteiger partial charge >= 0.3 is 12.0 Å². The predicted molar refractivity (Wildman–Crippen MR) is 110 cm³/mol. The molecule has 1 unspecified atom stereocenters. The third kappa shape index (κ3) is 5.33. The number of likely N-dealkylation sites (N-methyl/N-ethyl adjacent to an activating group) is 1. The normalized spacial score (nSPS) is 17.2. The lowest BCUT2D eigenvalue weighted by Gasteiger charge is -2.25. The number of carbonyl (C=O) groups excluding carboxylic acids is 1. The van der Waals surface area contributed by atoms with Crippen molar-refractivity contribution in [1.29, 1.82) is 0 Å². The summed E-state index contributed by atoms with van der Waals surface area (Å²) in [5.41, 5.74) is 2.94. The van der Waals surface area contributed by atoms with Crippen LogP contribution in [-0.2, 0) is 4.79 Å². The number of anilines is 1. The largest absolute Gasteiger partial charge is 0.480 e. The molecule has 6 heteroatoms. The van der Waals surface area contributed by atoms with E-state index in [0.29, 0.717) is 13.1 Å². The number of carboxylic acid groups (broad SMARTS) is 1. The van der Waals surface area contributed by atoms with E-state index in [9.17, 15) is 9.59 Å². The lowest BCUT2D eigenvalue weighted by atomic mass is 10.1. The third-order valence-corrected chi connectivity index (χ3v) is 5.21. The summed E-state index contributed by atoms with van der Waals surface area (Å²) in [6.07, 6.45) is 2.55. The summed E-state index contributed by atoms with van der Waals surface area (Å²) in [5.74, 6) is -0.820. The summed E-state index contributed by atoms with van der Waals surface area (Å²) >= 11 is 0. The van der Waals surface area contributed by atoms with Crippen molar-refractivity contribution in [3.63, 3.8) is 0 Å². The maximum atomic E-state index is 12.7. The lowest BCUT2D eigenvalue weighted by molar-refractivity contribution is -0.138. The van der Waals surface area contributed by atoms with Gasteiger partial charge in [-0.05, 0) is 49.6 Å². The second kappa shape index (κ2) is 9.37. The second-order valence-electron chi connectivity index (χ2n) is 7.26. The Morgan fingerprint density at radius 1 is 1.07 bits per heavy atom. The van der Waals surface area contributed by atoms with Crippen LogP contribution in [0, 0.1) is 0 Å². The van der Waals surface area contributed by atoms with Gasteiger partial charge in [0, 0.05) is 24.8 Å². The highest BCUT2D eigenvalue weighted by molar-refractivity contribution is 5.90. The van der Waals surface area contributed by atoms with Crippen LogP contribution in [0.5, 0.6) is 0 Å². The summed E-state index contributed by atoms with van der Waals surface area (Å²) in [7, 11) is 1.84. The number of rotatable bonds is 5. The summed E-state index contributed by atoms with van der Waals surface area (Å²) < 4.78 is 0. The molecule has 1 heterocycles. The van der Waals surface area contributed by atoms with E-state index in [2.05, 4.69) is 5.32 Å². The number of carboxylic acids is 1. The number of amides is 2. The molecule has 3 rings (SSSR count). The number of nitrogens with one attached hydrogen (secondary N) is 1. The van der Waals surface area contributed by atoms with Crippen LogP contribution < -0.4 is 5.32 Å². The minimum Gasteiger partial charge on any atom is -0.480 e. The smallest absolute Gasteiger partial charge is 0.321 e.